The summed E-state index contributed by atoms with van der Waals surface area (Å²) < 4.78 is 6.84. The van der Waals surface area contributed by atoms with E-state index >= 15 is 0 Å². The summed E-state index contributed by atoms with van der Waals surface area (Å²) in [6, 6.07) is 5.55. The van der Waals surface area contributed by atoms with E-state index in [1.807, 2.05) is 18.2 Å². The number of ether oxygens (including phenoxy) is 1. The van der Waals surface area contributed by atoms with Crippen molar-refractivity contribution in [1.29, 1.82) is 0 Å². The minimum Gasteiger partial charge on any atom is -0.473 e. The largest absolute Gasteiger partial charge is 0.473 e. The third kappa shape index (κ3) is 1.74. The van der Waals surface area contributed by atoms with Crippen LogP contribution in [-0.2, 0) is 0 Å². The van der Waals surface area contributed by atoms with Crippen LogP contribution in [0.15, 0.2) is 29.6 Å². The highest BCUT2D eigenvalue weighted by molar-refractivity contribution is 5.74. The molecule has 2 aromatic rings. The van der Waals surface area contributed by atoms with Gasteiger partial charge in [-0.05, 0) is 12.1 Å². The number of nitroso groups, excluding NO2 is 1. The molecule has 0 aliphatic carbocycles. The Morgan fingerprint density at radius 2 is 2.40 bits per heavy atom. The summed E-state index contributed by atoms with van der Waals surface area (Å²) in [5.74, 6) is 0.338. The third-order valence-electron chi connectivity index (χ3n) is 1.97. The molecule has 2 aromatic heterocycles. The number of pyridine rings is 1. The van der Waals surface area contributed by atoms with Crippen molar-refractivity contribution >= 4 is 11.2 Å². The molecule has 6 heteroatoms. The number of rotatable bonds is 4. The van der Waals surface area contributed by atoms with Crippen LogP contribution in [0.3, 0.4) is 0 Å². The van der Waals surface area contributed by atoms with Crippen LogP contribution in [0.4, 0.5) is 5.69 Å². The number of nitrogens with zero attached hydrogens (tertiary/aromatic N) is 3. The minimum absolute atomic E-state index is 0.0906. The van der Waals surface area contributed by atoms with E-state index in [9.17, 15) is 4.91 Å². The van der Waals surface area contributed by atoms with E-state index < -0.39 is 0 Å². The molecule has 2 N–H and O–H groups in total. The molecule has 2 rings (SSSR count). The van der Waals surface area contributed by atoms with Gasteiger partial charge in [0.25, 0.3) is 5.88 Å². The Labute approximate surface area is 85.6 Å². The van der Waals surface area contributed by atoms with Crippen molar-refractivity contribution in [1.82, 2.24) is 9.61 Å². The molecule has 0 spiro atoms. The molecule has 0 atom stereocenters. The van der Waals surface area contributed by atoms with Crippen LogP contribution in [-0.4, -0.2) is 22.8 Å². The Bertz CT molecular complexity index is 480. The van der Waals surface area contributed by atoms with Crippen LogP contribution in [0.1, 0.15) is 0 Å². The summed E-state index contributed by atoms with van der Waals surface area (Å²) in [5, 5.41) is 6.79. The fourth-order valence-electron chi connectivity index (χ4n) is 1.28. The molecule has 15 heavy (non-hydrogen) atoms. The molecule has 0 unspecified atom stereocenters. The maximum absolute atomic E-state index is 9.87. The molecular weight excluding hydrogens is 196 g/mol. The summed E-state index contributed by atoms with van der Waals surface area (Å²) in [4.78, 5) is 9.87. The highest BCUT2D eigenvalue weighted by Crippen LogP contribution is 2.24. The van der Waals surface area contributed by atoms with Crippen LogP contribution in [0.25, 0.3) is 5.52 Å². The van der Waals surface area contributed by atoms with E-state index in [2.05, 4.69) is 10.3 Å². The highest BCUT2D eigenvalue weighted by atomic mass is 16.5. The molecule has 0 aliphatic rings. The second-order valence-corrected chi connectivity index (χ2v) is 2.95. The van der Waals surface area contributed by atoms with Gasteiger partial charge in [0.15, 0.2) is 0 Å². The van der Waals surface area contributed by atoms with Crippen molar-refractivity contribution < 1.29 is 4.74 Å². The fourth-order valence-corrected chi connectivity index (χ4v) is 1.28. The first-order chi connectivity index (χ1) is 7.33. The van der Waals surface area contributed by atoms with Gasteiger partial charge >= 0.3 is 0 Å². The van der Waals surface area contributed by atoms with Gasteiger partial charge in [0, 0.05) is 6.20 Å². The molecule has 0 radical (unpaired) electrons. The lowest BCUT2D eigenvalue weighted by Crippen LogP contribution is -2.02. The monoisotopic (exact) mass is 206 g/mol. The minimum atomic E-state index is 0.0906. The highest BCUT2D eigenvalue weighted by Gasteiger charge is 2.09. The summed E-state index contributed by atoms with van der Waals surface area (Å²) in [6.07, 6.45) is 1.77. The van der Waals surface area contributed by atoms with E-state index in [4.69, 9.17) is 10.5 Å². The topological polar surface area (TPSA) is 82.0 Å². The number of hydrogen-bond donors (Lipinski definition) is 1. The molecular formula is C9H10N4O2. The summed E-state index contributed by atoms with van der Waals surface area (Å²) >= 11 is 0. The SMILES string of the molecule is Nc1c(OCCN=O)nn2ccccc12. The molecule has 0 saturated carbocycles. The maximum Gasteiger partial charge on any atom is 0.257 e. The molecule has 6 nitrogen and oxygen atoms in total. The molecule has 78 valence electrons. The van der Waals surface area contributed by atoms with Gasteiger partial charge in [0.05, 0.1) is 5.52 Å². The zero-order valence-electron chi connectivity index (χ0n) is 7.96. The van der Waals surface area contributed by atoms with E-state index in [0.29, 0.717) is 11.6 Å². The predicted octanol–water partition coefficient (Wildman–Crippen LogP) is 1.06. The Kier molecular flexibility index (Phi) is 2.49. The van der Waals surface area contributed by atoms with E-state index in [-0.39, 0.29) is 13.2 Å². The molecule has 2 heterocycles. The lowest BCUT2D eigenvalue weighted by Gasteiger charge is -1.98. The van der Waals surface area contributed by atoms with Crippen LogP contribution in [0.2, 0.25) is 0 Å². The van der Waals surface area contributed by atoms with Gasteiger partial charge in [-0.2, -0.15) is 4.91 Å². The number of anilines is 1. The zero-order chi connectivity index (χ0) is 10.7. The molecule has 0 bridgehead atoms. The zero-order valence-corrected chi connectivity index (χ0v) is 7.96. The van der Waals surface area contributed by atoms with Gasteiger partial charge in [0.2, 0.25) is 0 Å². The predicted molar refractivity (Wildman–Crippen MR) is 55.8 cm³/mol. The first kappa shape index (κ1) is 9.45. The van der Waals surface area contributed by atoms with Crippen molar-refractivity contribution in [2.24, 2.45) is 5.18 Å². The van der Waals surface area contributed by atoms with Crippen molar-refractivity contribution in [2.45, 2.75) is 0 Å². The quantitative estimate of drug-likeness (QED) is 0.599. The Hall–Kier alpha value is -2.11. The standard InChI is InChI=1S/C9H10N4O2/c10-8-7-3-1-2-5-13(7)12-9(8)15-6-4-11-14/h1-3,5H,4,6,10H2. The van der Waals surface area contributed by atoms with Gasteiger partial charge in [0.1, 0.15) is 18.8 Å². The summed E-state index contributed by atoms with van der Waals surface area (Å²) in [7, 11) is 0. The average molecular weight is 206 g/mol. The molecule has 0 fully saturated rings. The van der Waals surface area contributed by atoms with Crippen LogP contribution >= 0.6 is 0 Å². The van der Waals surface area contributed by atoms with Crippen LogP contribution in [0.5, 0.6) is 5.88 Å². The average Bonchev–Trinajstić information content (AvgIpc) is 2.57. The van der Waals surface area contributed by atoms with Crippen molar-refractivity contribution in [3.63, 3.8) is 0 Å². The molecule has 0 aromatic carbocycles. The summed E-state index contributed by atoms with van der Waals surface area (Å²) in [5.41, 5.74) is 7.06. The molecule has 0 amide bonds. The third-order valence-corrected chi connectivity index (χ3v) is 1.97. The van der Waals surface area contributed by atoms with Gasteiger partial charge < -0.3 is 10.5 Å². The van der Waals surface area contributed by atoms with E-state index in [1.54, 1.807) is 10.7 Å². The maximum atomic E-state index is 9.87. The molecule has 0 saturated heterocycles. The van der Waals surface area contributed by atoms with Crippen LogP contribution in [0, 0.1) is 4.91 Å². The molecule has 0 aliphatic heterocycles. The van der Waals surface area contributed by atoms with Crippen LogP contribution < -0.4 is 10.5 Å². The number of fused-ring (bicyclic) bond motifs is 1. The Morgan fingerprint density at radius 1 is 1.53 bits per heavy atom. The second-order valence-electron chi connectivity index (χ2n) is 2.95. The smallest absolute Gasteiger partial charge is 0.257 e. The number of hydrogen-bond acceptors (Lipinski definition) is 5. The lowest BCUT2D eigenvalue weighted by molar-refractivity contribution is 0.315. The second kappa shape index (κ2) is 3.95. The number of nitrogens with two attached hydrogens (primary N) is 1. The first-order valence-corrected chi connectivity index (χ1v) is 4.47. The van der Waals surface area contributed by atoms with E-state index in [1.165, 1.54) is 0 Å². The van der Waals surface area contributed by atoms with Gasteiger partial charge in [-0.1, -0.05) is 11.2 Å². The van der Waals surface area contributed by atoms with Gasteiger partial charge in [-0.15, -0.1) is 5.10 Å². The number of nitrogen functional groups attached to an aromatic ring is 1. The first-order valence-electron chi connectivity index (χ1n) is 4.47. The normalized spacial score (nSPS) is 10.4. The Morgan fingerprint density at radius 3 is 3.13 bits per heavy atom. The lowest BCUT2D eigenvalue weighted by atomic mass is 10.4. The van der Waals surface area contributed by atoms with Gasteiger partial charge in [-0.25, -0.2) is 4.52 Å². The van der Waals surface area contributed by atoms with Gasteiger partial charge in [-0.3, -0.25) is 0 Å². The van der Waals surface area contributed by atoms with Crippen molar-refractivity contribution in [3.05, 3.63) is 29.3 Å². The summed E-state index contributed by atoms with van der Waals surface area (Å²) in [6.45, 7) is 0.283. The Balaban J connectivity index is 2.27. The van der Waals surface area contributed by atoms with E-state index in [0.717, 1.165) is 5.52 Å². The van der Waals surface area contributed by atoms with Crippen molar-refractivity contribution in [2.75, 3.05) is 18.9 Å². The fraction of sp³-hybridized carbons (Fsp3) is 0.222. The van der Waals surface area contributed by atoms with Crippen molar-refractivity contribution in [3.8, 4) is 5.88 Å². The number of aromatic nitrogens is 2.